The van der Waals surface area contributed by atoms with Gasteiger partial charge in [0.25, 0.3) is 0 Å². The predicted octanol–water partition coefficient (Wildman–Crippen LogP) is 4.91. The Morgan fingerprint density at radius 3 is 2.44 bits per heavy atom. The van der Waals surface area contributed by atoms with Crippen molar-refractivity contribution in [1.82, 2.24) is 0 Å². The number of nitrogens with zero attached hydrogens (tertiary/aromatic N) is 2. The van der Waals surface area contributed by atoms with E-state index in [1.54, 1.807) is 24.3 Å². The lowest BCUT2D eigenvalue weighted by Crippen LogP contribution is -2.03. The Balaban J connectivity index is 1.82. The predicted molar refractivity (Wildman–Crippen MR) is 108 cm³/mol. The molecule has 2 aromatic carbocycles. The fourth-order valence-electron chi connectivity index (χ4n) is 2.42. The van der Waals surface area contributed by atoms with Gasteiger partial charge in [0.1, 0.15) is 9.94 Å². The highest BCUT2D eigenvalue weighted by Crippen LogP contribution is 2.36. The maximum atomic E-state index is 12.2. The zero-order chi connectivity index (χ0) is 19.4. The molecule has 0 bridgehead atoms. The van der Waals surface area contributed by atoms with Gasteiger partial charge in [-0.2, -0.15) is 8.42 Å². The van der Waals surface area contributed by atoms with Crippen LogP contribution >= 0.6 is 11.8 Å². The van der Waals surface area contributed by atoms with Gasteiger partial charge in [0.05, 0.1) is 6.57 Å². The Morgan fingerprint density at radius 1 is 1.07 bits per heavy atom. The van der Waals surface area contributed by atoms with E-state index in [0.717, 1.165) is 16.7 Å². The highest BCUT2D eigenvalue weighted by Gasteiger charge is 2.19. The normalized spacial score (nSPS) is 17.0. The third-order valence-corrected chi connectivity index (χ3v) is 5.96. The average Bonchev–Trinajstić information content (AvgIpc) is 3.11. The van der Waals surface area contributed by atoms with Crippen molar-refractivity contribution < 1.29 is 12.7 Å². The van der Waals surface area contributed by atoms with Gasteiger partial charge in [0.2, 0.25) is 5.70 Å². The molecule has 0 N–H and O–H groups in total. The van der Waals surface area contributed by atoms with Crippen molar-refractivity contribution in [2.24, 2.45) is 5.16 Å². The van der Waals surface area contributed by atoms with Gasteiger partial charge in [-0.15, -0.1) is 0 Å². The van der Waals surface area contributed by atoms with Crippen molar-refractivity contribution >= 4 is 32.6 Å². The summed E-state index contributed by atoms with van der Waals surface area (Å²) in [6, 6.07) is 14.0. The van der Waals surface area contributed by atoms with Crippen LogP contribution in [0, 0.1) is 20.4 Å². The summed E-state index contributed by atoms with van der Waals surface area (Å²) in [6.45, 7) is 11.3. The number of allylic oxidation sites excluding steroid dienone is 1. The summed E-state index contributed by atoms with van der Waals surface area (Å²) in [5, 5.41) is 4.12. The van der Waals surface area contributed by atoms with Crippen LogP contribution in [-0.4, -0.2) is 13.5 Å². The number of aryl methyl sites for hydroxylation is 2. The first kappa shape index (κ1) is 19.0. The molecule has 27 heavy (non-hydrogen) atoms. The minimum absolute atomic E-state index is 0.0435. The summed E-state index contributed by atoms with van der Waals surface area (Å²) in [7, 11) is -3.98. The Morgan fingerprint density at radius 2 is 1.78 bits per heavy atom. The van der Waals surface area contributed by atoms with Crippen molar-refractivity contribution in [3.8, 4) is 0 Å². The second-order valence-electron chi connectivity index (χ2n) is 5.85. The fourth-order valence-corrected chi connectivity index (χ4v) is 4.03. The SMILES string of the molecule is [C-]#[N+]/C(=C1C=C/C(=N/OS(=O)(=O)c2ccc(C)cc2)S\1)c1ccccc1C. The molecule has 0 saturated carbocycles. The lowest BCUT2D eigenvalue weighted by atomic mass is 10.1. The van der Waals surface area contributed by atoms with Crippen LogP contribution in [0.5, 0.6) is 0 Å². The van der Waals surface area contributed by atoms with Gasteiger partial charge >= 0.3 is 10.1 Å². The largest absolute Gasteiger partial charge is 0.358 e. The Labute approximate surface area is 163 Å². The number of thioether (sulfide) groups is 1. The Kier molecular flexibility index (Phi) is 5.49. The quantitative estimate of drug-likeness (QED) is 0.544. The van der Waals surface area contributed by atoms with Crippen molar-refractivity contribution in [1.29, 1.82) is 0 Å². The first-order valence-corrected chi connectivity index (χ1v) is 10.2. The summed E-state index contributed by atoms with van der Waals surface area (Å²) in [4.78, 5) is 4.39. The van der Waals surface area contributed by atoms with E-state index in [4.69, 9.17) is 10.9 Å². The molecule has 0 amide bonds. The topological polar surface area (TPSA) is 60.1 Å². The minimum Gasteiger partial charge on any atom is -0.264 e. The highest BCUT2D eigenvalue weighted by molar-refractivity contribution is 8.18. The molecule has 1 aliphatic heterocycles. The van der Waals surface area contributed by atoms with Gasteiger partial charge in [-0.25, -0.2) is 4.85 Å². The van der Waals surface area contributed by atoms with Crippen LogP contribution in [0.15, 0.2) is 75.6 Å². The summed E-state index contributed by atoms with van der Waals surface area (Å²) >= 11 is 1.20. The molecule has 0 radical (unpaired) electrons. The van der Waals surface area contributed by atoms with E-state index in [2.05, 4.69) is 10.0 Å². The maximum Gasteiger partial charge on any atom is 0.358 e. The molecular weight excluding hydrogens is 380 g/mol. The van der Waals surface area contributed by atoms with Gasteiger partial charge in [-0.05, 0) is 37.6 Å². The molecule has 136 valence electrons. The van der Waals surface area contributed by atoms with Crippen LogP contribution in [0.1, 0.15) is 16.7 Å². The van der Waals surface area contributed by atoms with Crippen LogP contribution in [0.4, 0.5) is 0 Å². The van der Waals surface area contributed by atoms with E-state index in [1.165, 1.54) is 23.9 Å². The molecule has 2 aromatic rings. The maximum absolute atomic E-state index is 12.2. The summed E-state index contributed by atoms with van der Waals surface area (Å²) in [5.74, 6) is 0. The monoisotopic (exact) mass is 396 g/mol. The second kappa shape index (κ2) is 7.82. The molecule has 5 nitrogen and oxygen atoms in total. The average molecular weight is 396 g/mol. The smallest absolute Gasteiger partial charge is 0.264 e. The van der Waals surface area contributed by atoms with Crippen LogP contribution < -0.4 is 0 Å². The number of rotatable bonds is 4. The molecule has 0 aromatic heterocycles. The third-order valence-electron chi connectivity index (χ3n) is 3.87. The number of oxime groups is 1. The lowest BCUT2D eigenvalue weighted by molar-refractivity contribution is 0.340. The summed E-state index contributed by atoms with van der Waals surface area (Å²) in [5.41, 5.74) is 3.29. The first-order chi connectivity index (χ1) is 12.9. The standard InChI is InChI=1S/C20H16N2O3S2/c1-14-8-10-16(11-9-14)27(23,24)25-22-19-13-12-18(26-19)20(21-3)17-7-5-4-6-15(17)2/h4-13H,1-2H3/b20-18+,22-19-. The zero-order valence-electron chi connectivity index (χ0n) is 14.7. The van der Waals surface area contributed by atoms with Gasteiger partial charge < -0.3 is 0 Å². The van der Waals surface area contributed by atoms with Gasteiger partial charge in [-0.3, -0.25) is 4.28 Å². The van der Waals surface area contributed by atoms with Gasteiger partial charge in [0, 0.05) is 4.91 Å². The number of hydrogen-bond donors (Lipinski definition) is 0. The van der Waals surface area contributed by atoms with Crippen molar-refractivity contribution in [3.05, 3.63) is 93.7 Å². The van der Waals surface area contributed by atoms with Crippen LogP contribution in [0.25, 0.3) is 10.5 Å². The van der Waals surface area contributed by atoms with E-state index in [0.29, 0.717) is 15.6 Å². The van der Waals surface area contributed by atoms with Crippen LogP contribution in [-0.2, 0) is 14.4 Å². The molecule has 1 heterocycles. The summed E-state index contributed by atoms with van der Waals surface area (Å²) < 4.78 is 29.2. The van der Waals surface area contributed by atoms with E-state index in [9.17, 15) is 8.42 Å². The highest BCUT2D eigenvalue weighted by atomic mass is 32.2. The summed E-state index contributed by atoms with van der Waals surface area (Å²) in [6.07, 6.45) is 3.37. The van der Waals surface area contributed by atoms with E-state index in [1.807, 2.05) is 38.1 Å². The first-order valence-electron chi connectivity index (χ1n) is 8.03. The van der Waals surface area contributed by atoms with Gasteiger partial charge in [0.15, 0.2) is 0 Å². The van der Waals surface area contributed by atoms with E-state index in [-0.39, 0.29) is 4.90 Å². The van der Waals surface area contributed by atoms with Gasteiger partial charge in [-0.1, -0.05) is 70.5 Å². The van der Waals surface area contributed by atoms with Crippen LogP contribution in [0.3, 0.4) is 0 Å². The molecule has 0 atom stereocenters. The van der Waals surface area contributed by atoms with Crippen LogP contribution in [0.2, 0.25) is 0 Å². The molecule has 1 aliphatic rings. The van der Waals surface area contributed by atoms with E-state index >= 15 is 0 Å². The molecular formula is C20H16N2O3S2. The third kappa shape index (κ3) is 4.30. The molecule has 7 heteroatoms. The van der Waals surface area contributed by atoms with Crippen molar-refractivity contribution in [2.75, 3.05) is 0 Å². The number of benzene rings is 2. The zero-order valence-corrected chi connectivity index (χ0v) is 16.3. The van der Waals surface area contributed by atoms with E-state index < -0.39 is 10.1 Å². The molecule has 3 rings (SSSR count). The molecule has 0 aliphatic carbocycles. The molecule has 0 spiro atoms. The van der Waals surface area contributed by atoms with Crippen molar-refractivity contribution in [2.45, 2.75) is 18.7 Å². The lowest BCUT2D eigenvalue weighted by Gasteiger charge is -2.06. The fraction of sp³-hybridized carbons (Fsp3) is 0.100. The molecule has 0 saturated heterocycles. The molecule has 0 unspecified atom stereocenters. The Bertz CT molecular complexity index is 1110. The minimum atomic E-state index is -3.98. The second-order valence-corrected chi connectivity index (χ2v) is 8.44. The Hall–Kier alpha value is -2.82. The van der Waals surface area contributed by atoms with Crippen molar-refractivity contribution in [3.63, 3.8) is 0 Å². The number of hydrogen-bond acceptors (Lipinski definition) is 5. The molecule has 0 fully saturated rings.